The molecule has 2 aromatic rings. The summed E-state index contributed by atoms with van der Waals surface area (Å²) in [7, 11) is 1.52. The molecule has 1 aliphatic heterocycles. The van der Waals surface area contributed by atoms with Gasteiger partial charge in [0.25, 0.3) is 11.8 Å². The second-order valence-electron chi connectivity index (χ2n) is 5.94. The van der Waals surface area contributed by atoms with Crippen LogP contribution in [0.2, 0.25) is 15.2 Å². The molecule has 3 rings (SSSR count). The number of benzene rings is 1. The van der Waals surface area contributed by atoms with Crippen LogP contribution in [0.5, 0.6) is 5.75 Å². The summed E-state index contributed by atoms with van der Waals surface area (Å²) in [6, 6.07) is 4.37. The molecule has 4 N–H and O–H groups in total. The van der Waals surface area contributed by atoms with Crippen LogP contribution in [0.25, 0.3) is 0 Å². The number of nitrogens with one attached hydrogen (secondary N) is 4. The fourth-order valence-corrected chi connectivity index (χ4v) is 3.00. The summed E-state index contributed by atoms with van der Waals surface area (Å²) in [5, 5.41) is 8.80. The summed E-state index contributed by atoms with van der Waals surface area (Å²) in [5.41, 5.74) is 3.60. The second-order valence-corrected chi connectivity index (χ2v) is 7.11. The van der Waals surface area contributed by atoms with Gasteiger partial charge in [0.05, 0.1) is 15.6 Å². The topological polar surface area (TPSA) is 120 Å². The highest BCUT2D eigenvalue weighted by Gasteiger charge is 2.34. The van der Waals surface area contributed by atoms with Crippen molar-refractivity contribution in [2.75, 3.05) is 12.4 Å². The summed E-state index contributed by atoms with van der Waals surface area (Å²) >= 11 is 17.8. The molecule has 1 aliphatic rings. The van der Waals surface area contributed by atoms with E-state index in [0.29, 0.717) is 0 Å². The lowest BCUT2D eigenvalue weighted by molar-refractivity contribution is -0.274. The Morgan fingerprint density at radius 3 is 2.44 bits per heavy atom. The van der Waals surface area contributed by atoms with E-state index < -0.39 is 34.6 Å². The summed E-state index contributed by atoms with van der Waals surface area (Å²) in [6.07, 6.45) is -5.11. The third-order valence-corrected chi connectivity index (χ3v) is 4.67. The van der Waals surface area contributed by atoms with Crippen molar-refractivity contribution in [3.63, 3.8) is 0 Å². The van der Waals surface area contributed by atoms with Crippen LogP contribution in [0, 0.1) is 0 Å². The van der Waals surface area contributed by atoms with Gasteiger partial charge in [-0.25, -0.2) is 10.5 Å². The molecule has 32 heavy (non-hydrogen) atoms. The molecule has 2 amide bonds. The number of pyridine rings is 1. The molecule has 2 heterocycles. The third kappa shape index (κ3) is 5.43. The van der Waals surface area contributed by atoms with Gasteiger partial charge in [0.1, 0.15) is 16.5 Å². The van der Waals surface area contributed by atoms with Crippen molar-refractivity contribution in [2.24, 2.45) is 5.10 Å². The zero-order valence-corrected chi connectivity index (χ0v) is 17.9. The number of amides is 2. The number of guanidine groups is 1. The van der Waals surface area contributed by atoms with Gasteiger partial charge in [0.15, 0.2) is 5.75 Å². The zero-order chi connectivity index (χ0) is 23.6. The Hall–Kier alpha value is -3.00. The fraction of sp³-hybridized carbons (Fsp3) is 0.125. The highest BCUT2D eigenvalue weighted by molar-refractivity contribution is 6.38. The van der Waals surface area contributed by atoms with E-state index in [1.54, 1.807) is 0 Å². The number of hydrazine groups is 2. The number of carbonyl (C=O) groups is 2. The van der Waals surface area contributed by atoms with Crippen molar-refractivity contribution in [1.82, 2.24) is 26.4 Å². The van der Waals surface area contributed by atoms with Gasteiger partial charge in [-0.2, -0.15) is 0 Å². The van der Waals surface area contributed by atoms with Crippen molar-refractivity contribution in [3.05, 3.63) is 50.7 Å². The predicted octanol–water partition coefficient (Wildman–Crippen LogP) is 3.15. The van der Waals surface area contributed by atoms with Crippen molar-refractivity contribution >= 4 is 58.3 Å². The maximum atomic E-state index is 12.9. The van der Waals surface area contributed by atoms with Gasteiger partial charge in [0.2, 0.25) is 5.96 Å². The normalized spacial score (nSPS) is 13.3. The largest absolute Gasteiger partial charge is 0.573 e. The van der Waals surface area contributed by atoms with Crippen LogP contribution in [0.15, 0.2) is 29.4 Å². The minimum Gasteiger partial charge on any atom is -0.404 e. The van der Waals surface area contributed by atoms with Crippen LogP contribution < -0.4 is 26.4 Å². The minimum atomic E-state index is -5.11. The van der Waals surface area contributed by atoms with Crippen LogP contribution in [-0.4, -0.2) is 41.2 Å². The Morgan fingerprint density at radius 1 is 1.09 bits per heavy atom. The van der Waals surface area contributed by atoms with Crippen LogP contribution >= 0.6 is 34.8 Å². The third-order valence-electron chi connectivity index (χ3n) is 3.76. The molecule has 16 heteroatoms. The Labute approximate surface area is 192 Å². The second kappa shape index (κ2) is 9.24. The monoisotopic (exact) mass is 511 g/mol. The molecule has 1 aromatic carbocycles. The summed E-state index contributed by atoms with van der Waals surface area (Å²) in [6.45, 7) is 0. The number of aromatic nitrogens is 1. The van der Waals surface area contributed by atoms with Crippen LogP contribution in [0.3, 0.4) is 0 Å². The molecule has 170 valence electrons. The van der Waals surface area contributed by atoms with E-state index in [1.807, 2.05) is 0 Å². The lowest BCUT2D eigenvalue weighted by Crippen LogP contribution is -2.45. The average molecular weight is 513 g/mol. The molecular weight excluding hydrogens is 502 g/mol. The summed E-state index contributed by atoms with van der Waals surface area (Å²) in [4.78, 5) is 28.9. The number of carbonyl (C=O) groups excluding carboxylic acids is 2. The first kappa shape index (κ1) is 23.7. The number of anilines is 1. The van der Waals surface area contributed by atoms with E-state index in [1.165, 1.54) is 24.2 Å². The SMILES string of the molecule is CN1NNN=C1NC(=O)c1ccc(OC(F)(F)F)c(NC(=O)c2nc(Cl)ccc2Cl)c1Cl. The smallest absolute Gasteiger partial charge is 0.404 e. The van der Waals surface area contributed by atoms with E-state index in [0.717, 1.165) is 12.1 Å². The molecule has 0 spiro atoms. The van der Waals surface area contributed by atoms with Gasteiger partial charge < -0.3 is 10.1 Å². The molecule has 1 aromatic heterocycles. The van der Waals surface area contributed by atoms with Gasteiger partial charge in [0, 0.05) is 7.05 Å². The van der Waals surface area contributed by atoms with E-state index in [-0.39, 0.29) is 27.4 Å². The Kier molecular flexibility index (Phi) is 6.83. The number of hydrogen-bond donors (Lipinski definition) is 4. The first-order valence-electron chi connectivity index (χ1n) is 8.31. The average Bonchev–Trinajstić information content (AvgIpc) is 3.09. The zero-order valence-electron chi connectivity index (χ0n) is 15.6. The van der Waals surface area contributed by atoms with Gasteiger partial charge in [-0.15, -0.1) is 23.8 Å². The van der Waals surface area contributed by atoms with Gasteiger partial charge in [-0.1, -0.05) is 34.8 Å². The van der Waals surface area contributed by atoms with Crippen molar-refractivity contribution in [3.8, 4) is 5.75 Å². The summed E-state index contributed by atoms with van der Waals surface area (Å²) < 4.78 is 42.5. The maximum Gasteiger partial charge on any atom is 0.573 e. The van der Waals surface area contributed by atoms with Crippen LogP contribution in [0.1, 0.15) is 20.8 Å². The predicted molar refractivity (Wildman–Crippen MR) is 109 cm³/mol. The van der Waals surface area contributed by atoms with E-state index in [2.05, 4.69) is 36.5 Å². The first-order chi connectivity index (χ1) is 15.0. The molecule has 10 nitrogen and oxygen atoms in total. The molecule has 0 bridgehead atoms. The Morgan fingerprint density at radius 2 is 1.81 bits per heavy atom. The van der Waals surface area contributed by atoms with Crippen LogP contribution in [-0.2, 0) is 0 Å². The number of rotatable bonds is 4. The van der Waals surface area contributed by atoms with E-state index in [9.17, 15) is 22.8 Å². The molecule has 0 unspecified atom stereocenters. The first-order valence-corrected chi connectivity index (χ1v) is 9.44. The van der Waals surface area contributed by atoms with Crippen molar-refractivity contribution in [2.45, 2.75) is 6.36 Å². The molecule has 0 saturated heterocycles. The maximum absolute atomic E-state index is 12.9. The van der Waals surface area contributed by atoms with Crippen LogP contribution in [0.4, 0.5) is 18.9 Å². The standard InChI is InChI=1S/C16H11Cl3F3N7O3/c1-29-15(26-27-28-29)25-13(30)6-2-4-8(32-16(20,21)22)12(10(6)19)24-14(31)11-7(17)3-5-9(18)23-11/h2-5,27-28H,1H3,(H,24,31)(H,25,26,30). The Bertz CT molecular complexity index is 1110. The van der Waals surface area contributed by atoms with Gasteiger partial charge >= 0.3 is 6.36 Å². The lowest BCUT2D eigenvalue weighted by atomic mass is 10.1. The number of hydrogen-bond acceptors (Lipinski definition) is 8. The highest BCUT2D eigenvalue weighted by Crippen LogP contribution is 2.38. The number of alkyl halides is 3. The minimum absolute atomic E-state index is 0.0437. The van der Waals surface area contributed by atoms with E-state index >= 15 is 0 Å². The number of nitrogens with zero attached hydrogens (tertiary/aromatic N) is 3. The van der Waals surface area contributed by atoms with Gasteiger partial charge in [-0.05, 0) is 24.3 Å². The summed E-state index contributed by atoms with van der Waals surface area (Å²) in [5.74, 6) is -2.71. The number of hydrazone groups is 1. The van der Waals surface area contributed by atoms with Crippen molar-refractivity contribution < 1.29 is 27.5 Å². The quantitative estimate of drug-likeness (QED) is 0.465. The molecule has 0 radical (unpaired) electrons. The lowest BCUT2D eigenvalue weighted by Gasteiger charge is -2.18. The molecule has 0 saturated carbocycles. The highest BCUT2D eigenvalue weighted by atomic mass is 35.5. The number of halogens is 6. The van der Waals surface area contributed by atoms with Crippen molar-refractivity contribution in [1.29, 1.82) is 0 Å². The molecule has 0 fully saturated rings. The molecule has 0 atom stereocenters. The Balaban J connectivity index is 1.99. The van der Waals surface area contributed by atoms with Gasteiger partial charge in [-0.3, -0.25) is 19.9 Å². The molecular formula is C16H11Cl3F3N7O3. The molecule has 0 aliphatic carbocycles. The number of ether oxygens (including phenoxy) is 1. The fourth-order valence-electron chi connectivity index (χ4n) is 2.37. The van der Waals surface area contributed by atoms with E-state index in [4.69, 9.17) is 34.8 Å².